The molecule has 0 bridgehead atoms. The van der Waals surface area contributed by atoms with Crippen molar-refractivity contribution in [3.05, 3.63) is 96.3 Å². The van der Waals surface area contributed by atoms with Gasteiger partial charge in [-0.05, 0) is 56.6 Å². The maximum atomic E-state index is 2.27. The van der Waals surface area contributed by atoms with E-state index in [0.29, 0.717) is 0 Å². The average molecular weight is 310 g/mol. The Morgan fingerprint density at radius 3 is 1.04 bits per heavy atom. The van der Waals surface area contributed by atoms with Gasteiger partial charge in [-0.15, -0.1) is 0 Å². The molecule has 4 aromatic rings. The van der Waals surface area contributed by atoms with E-state index in [1.165, 1.54) is 32.3 Å². The van der Waals surface area contributed by atoms with Gasteiger partial charge >= 0.3 is 0 Å². The predicted molar refractivity (Wildman–Crippen MR) is 106 cm³/mol. The molecule has 0 saturated heterocycles. The summed E-state index contributed by atoms with van der Waals surface area (Å²) in [6.45, 7) is 0. The van der Waals surface area contributed by atoms with Gasteiger partial charge in [-0.2, -0.15) is 0 Å². The third-order valence-corrected chi connectivity index (χ3v) is 5.31. The van der Waals surface area contributed by atoms with Crippen molar-refractivity contribution in [2.75, 3.05) is 0 Å². The molecule has 0 aliphatic carbocycles. The second-order valence-corrected chi connectivity index (χ2v) is 7.25. The first-order valence-electron chi connectivity index (χ1n) is 8.03. The summed E-state index contributed by atoms with van der Waals surface area (Å²) in [4.78, 5) is 0. The van der Waals surface area contributed by atoms with Crippen LogP contribution in [0, 0.1) is 0 Å². The maximum absolute atomic E-state index is 2.27. The van der Waals surface area contributed by atoms with Crippen molar-refractivity contribution in [1.29, 1.82) is 0 Å². The molecule has 0 radical (unpaired) electrons. The summed E-state index contributed by atoms with van der Waals surface area (Å²) in [6.07, 6.45) is 4.23. The predicted octanol–water partition coefficient (Wildman–Crippen LogP) is 5.34. The van der Waals surface area contributed by atoms with Crippen LogP contribution in [0.2, 0.25) is 0 Å². The zero-order chi connectivity index (χ0) is 15.5. The van der Waals surface area contributed by atoms with Crippen molar-refractivity contribution in [2.24, 2.45) is 0 Å². The van der Waals surface area contributed by atoms with E-state index in [2.05, 4.69) is 96.3 Å². The molecule has 1 aliphatic heterocycles. The monoisotopic (exact) mass is 310 g/mol. The summed E-state index contributed by atoms with van der Waals surface area (Å²) >= 11 is 0. The van der Waals surface area contributed by atoms with Crippen LogP contribution < -0.4 is 0 Å². The Hall–Kier alpha value is -2.64. The molecule has 4 aromatic carbocycles. The fourth-order valence-corrected chi connectivity index (χ4v) is 3.81. The van der Waals surface area contributed by atoms with Crippen LogP contribution in [0.15, 0.2) is 96.3 Å². The van der Waals surface area contributed by atoms with Gasteiger partial charge < -0.3 is 0 Å². The summed E-state index contributed by atoms with van der Waals surface area (Å²) in [5.74, 6) is 0. The largest absolute Gasteiger partial charge is 0.0969 e. The molecule has 1 heterocycles. The smallest absolute Gasteiger partial charge is 0.0691 e. The Balaban J connectivity index is 0.000000233. The summed E-state index contributed by atoms with van der Waals surface area (Å²) in [5, 5.41) is 7.85. The van der Waals surface area contributed by atoms with Crippen LogP contribution in [0.5, 0.6) is 0 Å². The van der Waals surface area contributed by atoms with Gasteiger partial charge in [0.25, 0.3) is 0 Å². The van der Waals surface area contributed by atoms with E-state index >= 15 is 0 Å². The zero-order valence-corrected chi connectivity index (χ0v) is 14.4. The lowest BCUT2D eigenvalue weighted by Crippen LogP contribution is -1.78. The number of allylic oxidation sites excluding steroid dienone is 2. The second-order valence-electron chi connectivity index (χ2n) is 5.84. The molecule has 23 heavy (non-hydrogen) atoms. The molecule has 0 unspecified atom stereocenters. The van der Waals surface area contributed by atoms with Crippen LogP contribution in [0.4, 0.5) is 0 Å². The van der Waals surface area contributed by atoms with Gasteiger partial charge in [-0.3, -0.25) is 0 Å². The molecular weight excluding hydrogens is 292 g/mol. The van der Waals surface area contributed by atoms with E-state index in [9.17, 15) is 0 Å². The molecule has 0 atom stereocenters. The van der Waals surface area contributed by atoms with Crippen LogP contribution in [0.25, 0.3) is 32.3 Å². The van der Waals surface area contributed by atoms with E-state index in [1.54, 1.807) is 0 Å². The van der Waals surface area contributed by atoms with Crippen molar-refractivity contribution < 1.29 is 0 Å². The molecule has 0 saturated carbocycles. The van der Waals surface area contributed by atoms with Gasteiger partial charge in [-0.25, -0.2) is 0 Å². The van der Waals surface area contributed by atoms with Crippen molar-refractivity contribution >= 4 is 41.8 Å². The molecule has 0 nitrogen and oxygen atoms in total. The number of benzene rings is 4. The van der Waals surface area contributed by atoms with Crippen LogP contribution in [0.3, 0.4) is 0 Å². The minimum atomic E-state index is 0.182. The molecule has 0 N–H and O–H groups in total. The molecule has 0 aromatic heterocycles. The molecule has 0 spiro atoms. The zero-order valence-electron chi connectivity index (χ0n) is 12.9. The van der Waals surface area contributed by atoms with Gasteiger partial charge in [-0.1, -0.05) is 72.1 Å². The van der Waals surface area contributed by atoms with Crippen molar-refractivity contribution in [3.8, 4) is 0 Å². The lowest BCUT2D eigenvalue weighted by atomic mass is 10.00. The highest BCUT2D eigenvalue weighted by molar-refractivity contribution is 6.49. The Kier molecular flexibility index (Phi) is 3.79. The number of hydrogen-bond acceptors (Lipinski definition) is 0. The van der Waals surface area contributed by atoms with Crippen LogP contribution in [-0.4, -0.2) is 9.52 Å². The quantitative estimate of drug-likeness (QED) is 0.304. The van der Waals surface area contributed by atoms with Crippen molar-refractivity contribution in [2.45, 2.75) is 0 Å². The van der Waals surface area contributed by atoms with Crippen LogP contribution in [-0.2, 0) is 0 Å². The second kappa shape index (κ2) is 6.23. The van der Waals surface area contributed by atoms with E-state index in [1.807, 2.05) is 0 Å². The van der Waals surface area contributed by atoms with Gasteiger partial charge in [0.1, 0.15) is 0 Å². The lowest BCUT2D eigenvalue weighted by molar-refractivity contribution is 1.77. The number of fused-ring (bicyclic) bond motifs is 3. The van der Waals surface area contributed by atoms with Crippen molar-refractivity contribution in [3.63, 3.8) is 0 Å². The molecular formula is C22H18Si. The van der Waals surface area contributed by atoms with E-state index in [4.69, 9.17) is 0 Å². The molecule has 110 valence electrons. The standard InChI is InChI=1S/C18H12.C4H6Si/c1-2-6-14-10-18-12-16-8-4-3-7-15(16)11-17(18)9-13(14)5-1;1-2-4-5-3-1/h1-12H;1-4H,5H2. The Bertz CT molecular complexity index is 887. The number of hydrogen-bond donors (Lipinski definition) is 0. The Labute approximate surface area is 138 Å². The minimum Gasteiger partial charge on any atom is -0.0969 e. The van der Waals surface area contributed by atoms with E-state index < -0.39 is 0 Å². The summed E-state index contributed by atoms with van der Waals surface area (Å²) in [5.41, 5.74) is 4.53. The summed E-state index contributed by atoms with van der Waals surface area (Å²) < 4.78 is 0. The summed E-state index contributed by atoms with van der Waals surface area (Å²) in [6, 6.07) is 26.2. The van der Waals surface area contributed by atoms with E-state index in [0.717, 1.165) is 0 Å². The topological polar surface area (TPSA) is 0 Å². The fourth-order valence-electron chi connectivity index (χ4n) is 3.03. The third kappa shape index (κ3) is 2.96. The van der Waals surface area contributed by atoms with Gasteiger partial charge in [0.15, 0.2) is 0 Å². The Morgan fingerprint density at radius 2 is 0.783 bits per heavy atom. The summed E-state index contributed by atoms with van der Waals surface area (Å²) in [7, 11) is 0.182. The average Bonchev–Trinajstić information content (AvgIpc) is 3.18. The Morgan fingerprint density at radius 1 is 0.435 bits per heavy atom. The fraction of sp³-hybridized carbons (Fsp3) is 0. The maximum Gasteiger partial charge on any atom is 0.0691 e. The van der Waals surface area contributed by atoms with Gasteiger partial charge in [0.2, 0.25) is 0 Å². The first-order chi connectivity index (χ1) is 11.4. The SMILES string of the molecule is C1=C[SiH2]C=C1.c1ccc2cc3cc4ccccc4cc3cc2c1. The highest BCUT2D eigenvalue weighted by Crippen LogP contribution is 2.27. The molecule has 0 fully saturated rings. The van der Waals surface area contributed by atoms with Crippen LogP contribution >= 0.6 is 0 Å². The molecule has 5 rings (SSSR count). The van der Waals surface area contributed by atoms with Gasteiger partial charge in [0, 0.05) is 0 Å². The lowest BCUT2D eigenvalue weighted by Gasteiger charge is -2.04. The normalized spacial score (nSPS) is 12.7. The molecule has 0 amide bonds. The van der Waals surface area contributed by atoms with Crippen molar-refractivity contribution in [1.82, 2.24) is 0 Å². The van der Waals surface area contributed by atoms with Gasteiger partial charge in [0.05, 0.1) is 9.52 Å². The highest BCUT2D eigenvalue weighted by atomic mass is 28.2. The van der Waals surface area contributed by atoms with Crippen LogP contribution in [0.1, 0.15) is 0 Å². The number of rotatable bonds is 0. The first-order valence-corrected chi connectivity index (χ1v) is 9.66. The first kappa shape index (κ1) is 14.0. The molecule has 1 heteroatoms. The molecule has 1 aliphatic rings. The highest BCUT2D eigenvalue weighted by Gasteiger charge is 2.00. The minimum absolute atomic E-state index is 0.182. The third-order valence-electron chi connectivity index (χ3n) is 4.22. The van der Waals surface area contributed by atoms with E-state index in [-0.39, 0.29) is 9.52 Å².